The Morgan fingerprint density at radius 1 is 1.19 bits per heavy atom. The number of rotatable bonds is 9. The number of anilines is 1. The Morgan fingerprint density at radius 3 is 2.61 bits per heavy atom. The van der Waals surface area contributed by atoms with E-state index in [-0.39, 0.29) is 17.7 Å². The van der Waals surface area contributed by atoms with Crippen LogP contribution in [-0.2, 0) is 9.59 Å². The summed E-state index contributed by atoms with van der Waals surface area (Å²) >= 11 is 0. The number of fused-ring (bicyclic) bond motifs is 2. The fraction of sp³-hybridized carbons (Fsp3) is 0.409. The van der Waals surface area contributed by atoms with Crippen molar-refractivity contribution in [3.63, 3.8) is 0 Å². The SMILES string of the molecule is CCCOc1c(OC)cc(NC(C)CCCN)c2nc3c(cc12)OC(=O)/C=C/C(=O)O3. The quantitative estimate of drug-likeness (QED) is 0.579. The van der Waals surface area contributed by atoms with Crippen molar-refractivity contribution in [3.8, 4) is 23.1 Å². The van der Waals surface area contributed by atoms with Gasteiger partial charge in [-0.2, -0.15) is 0 Å². The van der Waals surface area contributed by atoms with E-state index in [2.05, 4.69) is 10.3 Å². The number of carbonyl (C=O) groups excluding carboxylic acids is 2. The van der Waals surface area contributed by atoms with Crippen molar-refractivity contribution in [1.82, 2.24) is 4.98 Å². The van der Waals surface area contributed by atoms with Crippen molar-refractivity contribution in [1.29, 1.82) is 0 Å². The summed E-state index contributed by atoms with van der Waals surface area (Å²) in [5.41, 5.74) is 6.80. The third-order valence-electron chi connectivity index (χ3n) is 4.63. The van der Waals surface area contributed by atoms with Crippen LogP contribution in [0.3, 0.4) is 0 Å². The summed E-state index contributed by atoms with van der Waals surface area (Å²) in [5.74, 6) is -0.523. The average Bonchev–Trinajstić information content (AvgIpc) is 2.75. The van der Waals surface area contributed by atoms with Crippen molar-refractivity contribution in [3.05, 3.63) is 24.3 Å². The third kappa shape index (κ3) is 5.24. The van der Waals surface area contributed by atoms with E-state index in [1.807, 2.05) is 13.8 Å². The predicted molar refractivity (Wildman–Crippen MR) is 116 cm³/mol. The molecule has 0 radical (unpaired) electrons. The maximum absolute atomic E-state index is 12.0. The first-order chi connectivity index (χ1) is 15.0. The van der Waals surface area contributed by atoms with Gasteiger partial charge in [-0.15, -0.1) is 0 Å². The van der Waals surface area contributed by atoms with E-state index in [9.17, 15) is 9.59 Å². The maximum Gasteiger partial charge on any atom is 0.337 e. The van der Waals surface area contributed by atoms with Crippen molar-refractivity contribution >= 4 is 28.5 Å². The number of benzene rings is 1. The minimum absolute atomic E-state index is 0.0203. The Hall–Kier alpha value is -3.33. The molecule has 9 heteroatoms. The molecule has 1 atom stereocenters. The molecule has 0 amide bonds. The molecule has 0 spiro atoms. The molecule has 1 aromatic heterocycles. The molecule has 0 bridgehead atoms. The number of hydrogen-bond donors (Lipinski definition) is 2. The van der Waals surface area contributed by atoms with E-state index in [0.29, 0.717) is 41.2 Å². The lowest BCUT2D eigenvalue weighted by atomic mass is 10.1. The largest absolute Gasteiger partial charge is 0.493 e. The maximum atomic E-state index is 12.0. The van der Waals surface area contributed by atoms with Gasteiger partial charge in [0.2, 0.25) is 0 Å². The predicted octanol–water partition coefficient (Wildman–Crippen LogP) is 2.95. The first-order valence-electron chi connectivity index (χ1n) is 10.2. The van der Waals surface area contributed by atoms with Gasteiger partial charge in [-0.05, 0) is 38.8 Å². The van der Waals surface area contributed by atoms with Gasteiger partial charge in [-0.3, -0.25) is 0 Å². The second-order valence-corrected chi connectivity index (χ2v) is 7.14. The van der Waals surface area contributed by atoms with E-state index in [0.717, 1.165) is 31.4 Å². The molecule has 0 saturated carbocycles. The van der Waals surface area contributed by atoms with Crippen LogP contribution >= 0.6 is 0 Å². The van der Waals surface area contributed by atoms with Crippen LogP contribution in [0.2, 0.25) is 0 Å². The minimum atomic E-state index is -0.716. The normalized spacial score (nSPS) is 15.2. The topological polar surface area (TPSA) is 122 Å². The monoisotopic (exact) mass is 429 g/mol. The number of methoxy groups -OCH3 is 1. The number of carbonyl (C=O) groups is 2. The molecule has 1 aliphatic heterocycles. The van der Waals surface area contributed by atoms with Crippen molar-refractivity contribution in [2.45, 2.75) is 39.2 Å². The van der Waals surface area contributed by atoms with Crippen molar-refractivity contribution in [2.75, 3.05) is 25.6 Å². The highest BCUT2D eigenvalue weighted by Crippen LogP contribution is 2.44. The molecule has 2 heterocycles. The number of nitrogens with two attached hydrogens (primary N) is 1. The number of esters is 2. The third-order valence-corrected chi connectivity index (χ3v) is 4.63. The average molecular weight is 429 g/mol. The molecule has 1 aromatic carbocycles. The lowest BCUT2D eigenvalue weighted by Crippen LogP contribution is -2.18. The summed E-state index contributed by atoms with van der Waals surface area (Å²) in [7, 11) is 1.55. The summed E-state index contributed by atoms with van der Waals surface area (Å²) in [4.78, 5) is 28.4. The van der Waals surface area contributed by atoms with Crippen LogP contribution in [0.5, 0.6) is 23.1 Å². The zero-order chi connectivity index (χ0) is 22.4. The molecular weight excluding hydrogens is 402 g/mol. The Labute approximate surface area is 180 Å². The second kappa shape index (κ2) is 10.1. The molecule has 9 nitrogen and oxygen atoms in total. The van der Waals surface area contributed by atoms with Gasteiger partial charge in [0, 0.05) is 24.3 Å². The van der Waals surface area contributed by atoms with E-state index in [1.54, 1.807) is 19.2 Å². The van der Waals surface area contributed by atoms with E-state index < -0.39 is 11.9 Å². The zero-order valence-electron chi connectivity index (χ0n) is 17.9. The molecule has 31 heavy (non-hydrogen) atoms. The second-order valence-electron chi connectivity index (χ2n) is 7.14. The Morgan fingerprint density at radius 2 is 1.94 bits per heavy atom. The Kier molecular flexibility index (Phi) is 7.30. The van der Waals surface area contributed by atoms with Gasteiger partial charge in [0.15, 0.2) is 17.2 Å². The van der Waals surface area contributed by atoms with Gasteiger partial charge in [-0.25, -0.2) is 14.6 Å². The lowest BCUT2D eigenvalue weighted by molar-refractivity contribution is -0.133. The molecule has 166 valence electrons. The van der Waals surface area contributed by atoms with Gasteiger partial charge in [0.25, 0.3) is 5.88 Å². The van der Waals surface area contributed by atoms with Crippen LogP contribution in [0.4, 0.5) is 5.69 Å². The number of ether oxygens (including phenoxy) is 4. The van der Waals surface area contributed by atoms with Crippen LogP contribution in [-0.4, -0.2) is 43.2 Å². The van der Waals surface area contributed by atoms with E-state index in [4.69, 9.17) is 24.7 Å². The number of nitrogens with one attached hydrogen (secondary N) is 1. The molecule has 1 unspecified atom stereocenters. The summed E-state index contributed by atoms with van der Waals surface area (Å²) in [6, 6.07) is 3.47. The Balaban J connectivity index is 2.19. The smallest absolute Gasteiger partial charge is 0.337 e. The van der Waals surface area contributed by atoms with Crippen LogP contribution in [0, 0.1) is 0 Å². The van der Waals surface area contributed by atoms with Gasteiger partial charge >= 0.3 is 11.9 Å². The van der Waals surface area contributed by atoms with Crippen molar-refractivity contribution in [2.24, 2.45) is 5.73 Å². The number of pyridine rings is 1. The fourth-order valence-electron chi connectivity index (χ4n) is 3.18. The summed E-state index contributed by atoms with van der Waals surface area (Å²) in [6.45, 7) is 5.08. The van der Waals surface area contributed by atoms with Gasteiger partial charge in [0.1, 0.15) is 5.52 Å². The minimum Gasteiger partial charge on any atom is -0.493 e. The number of hydrogen-bond acceptors (Lipinski definition) is 9. The van der Waals surface area contributed by atoms with Crippen LogP contribution in [0.1, 0.15) is 33.1 Å². The molecule has 0 fully saturated rings. The summed E-state index contributed by atoms with van der Waals surface area (Å²) < 4.78 is 22.1. The van der Waals surface area contributed by atoms with Gasteiger partial charge < -0.3 is 30.0 Å². The molecule has 1 aliphatic rings. The highest BCUT2D eigenvalue weighted by molar-refractivity contribution is 6.01. The zero-order valence-corrected chi connectivity index (χ0v) is 17.9. The molecule has 2 aromatic rings. The molecule has 0 saturated heterocycles. The number of aromatic nitrogens is 1. The Bertz CT molecular complexity index is 1000. The van der Waals surface area contributed by atoms with Crippen LogP contribution in [0.25, 0.3) is 10.9 Å². The first-order valence-corrected chi connectivity index (χ1v) is 10.2. The van der Waals surface area contributed by atoms with Crippen molar-refractivity contribution < 1.29 is 28.5 Å². The molecule has 0 aliphatic carbocycles. The molecule has 3 rings (SSSR count). The van der Waals surface area contributed by atoms with Crippen LogP contribution < -0.4 is 30.0 Å². The lowest BCUT2D eigenvalue weighted by Gasteiger charge is -2.21. The molecule has 3 N–H and O–H groups in total. The highest BCUT2D eigenvalue weighted by atomic mass is 16.6. The summed E-state index contributed by atoms with van der Waals surface area (Å²) in [6.07, 6.45) is 4.51. The van der Waals surface area contributed by atoms with E-state index >= 15 is 0 Å². The van der Waals surface area contributed by atoms with Gasteiger partial charge in [0.05, 0.1) is 24.8 Å². The van der Waals surface area contributed by atoms with Crippen LogP contribution in [0.15, 0.2) is 24.3 Å². The molecular formula is C22H27N3O6. The summed E-state index contributed by atoms with van der Waals surface area (Å²) in [5, 5.41) is 3.98. The van der Waals surface area contributed by atoms with E-state index in [1.165, 1.54) is 0 Å². The number of nitrogens with zero attached hydrogens (tertiary/aromatic N) is 1. The van der Waals surface area contributed by atoms with Gasteiger partial charge in [-0.1, -0.05) is 6.92 Å². The first kappa shape index (κ1) is 22.4. The highest BCUT2D eigenvalue weighted by Gasteiger charge is 2.23. The fourth-order valence-corrected chi connectivity index (χ4v) is 3.18. The standard InChI is InChI=1S/C22H27N3O6/c1-4-10-29-21-14-11-17-22(31-19(27)8-7-18(26)30-17)25-20(14)15(12-16(21)28-3)24-13(2)6-5-9-23/h7-8,11-13,24H,4-6,9-10,23H2,1-3H3/b8-7+.